The van der Waals surface area contributed by atoms with E-state index in [9.17, 15) is 24.6 Å². The molecule has 9 nitrogen and oxygen atoms in total. The Balaban J connectivity index is 1.30. The summed E-state index contributed by atoms with van der Waals surface area (Å²) in [4.78, 5) is 48.1. The van der Waals surface area contributed by atoms with Gasteiger partial charge in [-0.2, -0.15) is 0 Å². The number of hydrogen-bond donors (Lipinski definition) is 3. The van der Waals surface area contributed by atoms with E-state index in [0.717, 1.165) is 21.7 Å². The lowest BCUT2D eigenvalue weighted by atomic mass is 10.1. The van der Waals surface area contributed by atoms with Gasteiger partial charge in [-0.3, -0.25) is 14.4 Å². The van der Waals surface area contributed by atoms with Crippen LogP contribution in [0.25, 0.3) is 10.4 Å². The summed E-state index contributed by atoms with van der Waals surface area (Å²) in [6.07, 6.45) is -0.804. The van der Waals surface area contributed by atoms with Crippen molar-refractivity contribution < 1.29 is 24.6 Å². The van der Waals surface area contributed by atoms with Crippen LogP contribution in [0.15, 0.2) is 60.1 Å². The Morgan fingerprint density at radius 3 is 2.69 bits per heavy atom. The summed E-state index contributed by atoms with van der Waals surface area (Å²) in [5.41, 5.74) is 5.82. The number of benzene rings is 2. The molecule has 2 aliphatic heterocycles. The van der Waals surface area contributed by atoms with Crippen LogP contribution in [-0.4, -0.2) is 67.5 Å². The Morgan fingerprint density at radius 1 is 1.26 bits per heavy atom. The molecule has 202 valence electrons. The molecule has 3 amide bonds. The average molecular weight is 547 g/mol. The molecule has 0 radical (unpaired) electrons. The molecule has 1 saturated heterocycles. The van der Waals surface area contributed by atoms with Crippen LogP contribution in [0, 0.1) is 6.92 Å². The third-order valence-corrected chi connectivity index (χ3v) is 8.25. The van der Waals surface area contributed by atoms with Crippen LogP contribution in [0.4, 0.5) is 0 Å². The van der Waals surface area contributed by atoms with Crippen LogP contribution in [0.3, 0.4) is 0 Å². The van der Waals surface area contributed by atoms with Gasteiger partial charge in [-0.1, -0.05) is 36.9 Å². The van der Waals surface area contributed by atoms with E-state index in [2.05, 4.69) is 16.9 Å². The summed E-state index contributed by atoms with van der Waals surface area (Å²) in [5, 5.41) is 23.8. The molecule has 1 fully saturated rings. The predicted molar refractivity (Wildman–Crippen MR) is 147 cm³/mol. The highest BCUT2D eigenvalue weighted by molar-refractivity contribution is 7.13. The van der Waals surface area contributed by atoms with Crippen molar-refractivity contribution in [2.24, 2.45) is 0 Å². The summed E-state index contributed by atoms with van der Waals surface area (Å²) in [7, 11) is 0. The van der Waals surface area contributed by atoms with Gasteiger partial charge < -0.3 is 25.3 Å². The Labute approximate surface area is 230 Å². The van der Waals surface area contributed by atoms with E-state index in [1.165, 1.54) is 21.1 Å². The fourth-order valence-corrected chi connectivity index (χ4v) is 6.09. The van der Waals surface area contributed by atoms with Crippen LogP contribution in [0.2, 0.25) is 0 Å². The van der Waals surface area contributed by atoms with Crippen LogP contribution in [0.1, 0.15) is 40.5 Å². The number of β-amino-alcohol motifs (C(OH)–C–C–N with tert-alkyl or cyclic N) is 1. The Hall–Kier alpha value is -4.02. The first kappa shape index (κ1) is 26.6. The monoisotopic (exact) mass is 546 g/mol. The zero-order chi connectivity index (χ0) is 27.8. The molecule has 2 aromatic carbocycles. The molecule has 39 heavy (non-hydrogen) atoms. The number of likely N-dealkylation sites (tertiary alicyclic amines) is 1. The highest BCUT2D eigenvalue weighted by atomic mass is 32.1. The molecule has 3 N–H and O–H groups in total. The number of hydrogen-bond acceptors (Lipinski definition) is 7. The number of thiazole rings is 1. The number of aromatic nitrogens is 1. The fourth-order valence-electron chi connectivity index (χ4n) is 5.29. The summed E-state index contributed by atoms with van der Waals surface area (Å²) in [6.45, 7) is 7.83. The number of nitrogens with zero attached hydrogens (tertiary/aromatic N) is 3. The highest BCUT2D eigenvalue weighted by Gasteiger charge is 2.45. The van der Waals surface area contributed by atoms with Crippen LogP contribution in [-0.2, 0) is 22.7 Å². The van der Waals surface area contributed by atoms with Crippen molar-refractivity contribution in [3.63, 3.8) is 0 Å². The lowest BCUT2D eigenvalue weighted by Gasteiger charge is -2.33. The zero-order valence-corrected chi connectivity index (χ0v) is 22.6. The SMILES string of the molecule is C=C(C)[C@@H](C(=O)N1C[C@H](O)C[C@H]1C(=O)NCc1ccc(-c2scnc2C)cc1O)N1Cc2ccccc2C1=O. The molecule has 0 spiro atoms. The van der Waals surface area contributed by atoms with Crippen LogP contribution in [0.5, 0.6) is 5.75 Å². The number of phenols is 1. The molecule has 0 unspecified atom stereocenters. The number of aliphatic hydroxyl groups is 1. The van der Waals surface area contributed by atoms with Gasteiger partial charge in [0.1, 0.15) is 17.8 Å². The molecule has 2 aliphatic rings. The molecular weight excluding hydrogens is 516 g/mol. The number of aromatic hydroxyl groups is 1. The average Bonchev–Trinajstić information content (AvgIpc) is 3.60. The first-order valence-electron chi connectivity index (χ1n) is 12.7. The molecule has 3 heterocycles. The smallest absolute Gasteiger partial charge is 0.255 e. The van der Waals surface area contributed by atoms with Gasteiger partial charge in [0.2, 0.25) is 11.8 Å². The third-order valence-electron chi connectivity index (χ3n) is 7.27. The molecule has 3 aromatic rings. The number of carbonyl (C=O) groups excluding carboxylic acids is 3. The van der Waals surface area contributed by atoms with Gasteiger partial charge in [0, 0.05) is 37.2 Å². The molecule has 0 bridgehead atoms. The second-order valence-electron chi connectivity index (χ2n) is 10.1. The maximum absolute atomic E-state index is 13.8. The number of aryl methyl sites for hydroxylation is 1. The standard InChI is InChI=1S/C29H30N4O5S/c1-16(2)25(33-13-20-6-4-5-7-22(20)28(33)37)29(38)32-14-21(34)11-23(32)27(36)30-12-19-9-8-18(10-24(19)35)26-17(3)31-15-39-26/h4-10,15,21,23,25,34-35H,1,11-14H2,2-3H3,(H,30,36)/t21-,23+,25+/m1/s1. The quantitative estimate of drug-likeness (QED) is 0.392. The minimum atomic E-state index is -0.961. The lowest BCUT2D eigenvalue weighted by Crippen LogP contribution is -2.54. The number of nitrogens with one attached hydrogen (secondary N) is 1. The molecule has 0 saturated carbocycles. The van der Waals surface area contributed by atoms with Gasteiger partial charge >= 0.3 is 0 Å². The van der Waals surface area contributed by atoms with E-state index < -0.39 is 30.0 Å². The van der Waals surface area contributed by atoms with Crippen molar-refractivity contribution in [2.75, 3.05) is 6.54 Å². The topological polar surface area (TPSA) is 123 Å². The fraction of sp³-hybridized carbons (Fsp3) is 0.310. The molecule has 3 atom stereocenters. The van der Waals surface area contributed by atoms with Gasteiger partial charge in [0.15, 0.2) is 0 Å². The summed E-state index contributed by atoms with van der Waals surface area (Å²) in [6, 6.07) is 10.6. The molecule has 10 heteroatoms. The number of carbonyl (C=O) groups is 3. The minimum absolute atomic E-state index is 0.0240. The molecule has 1 aromatic heterocycles. The maximum Gasteiger partial charge on any atom is 0.255 e. The van der Waals surface area contributed by atoms with Gasteiger partial charge in [0.05, 0.1) is 22.2 Å². The number of amides is 3. The normalized spacial score (nSPS) is 19.2. The van der Waals surface area contributed by atoms with Crippen molar-refractivity contribution in [1.29, 1.82) is 0 Å². The number of rotatable bonds is 7. The molecular formula is C29H30N4O5S. The lowest BCUT2D eigenvalue weighted by molar-refractivity contribution is -0.141. The van der Waals surface area contributed by atoms with Crippen LogP contribution < -0.4 is 5.32 Å². The van der Waals surface area contributed by atoms with Gasteiger partial charge in [-0.25, -0.2) is 4.98 Å². The second kappa shape index (κ2) is 10.6. The van der Waals surface area contributed by atoms with Gasteiger partial charge in [0.25, 0.3) is 5.91 Å². The number of phenolic OH excluding ortho intramolecular Hbond substituents is 1. The number of aliphatic hydroxyl groups excluding tert-OH is 1. The van der Waals surface area contributed by atoms with Crippen molar-refractivity contribution >= 4 is 29.1 Å². The largest absolute Gasteiger partial charge is 0.508 e. The summed E-state index contributed by atoms with van der Waals surface area (Å²) >= 11 is 1.48. The van der Waals surface area contributed by atoms with Gasteiger partial charge in [-0.15, -0.1) is 11.3 Å². The molecule has 0 aliphatic carbocycles. The van der Waals surface area contributed by atoms with Crippen molar-refractivity contribution in [3.8, 4) is 16.2 Å². The van der Waals surface area contributed by atoms with E-state index >= 15 is 0 Å². The van der Waals surface area contributed by atoms with E-state index in [4.69, 9.17) is 0 Å². The second-order valence-corrected chi connectivity index (χ2v) is 10.9. The van der Waals surface area contributed by atoms with E-state index in [1.54, 1.807) is 36.7 Å². The van der Waals surface area contributed by atoms with Crippen molar-refractivity contribution in [3.05, 3.63) is 82.5 Å². The molecule has 5 rings (SSSR count). The Kier molecular flexibility index (Phi) is 7.24. The highest BCUT2D eigenvalue weighted by Crippen LogP contribution is 2.32. The van der Waals surface area contributed by atoms with Crippen molar-refractivity contribution in [1.82, 2.24) is 20.1 Å². The van der Waals surface area contributed by atoms with Crippen LogP contribution >= 0.6 is 11.3 Å². The zero-order valence-electron chi connectivity index (χ0n) is 21.8. The van der Waals surface area contributed by atoms with Gasteiger partial charge in [-0.05, 0) is 42.7 Å². The first-order chi connectivity index (χ1) is 18.7. The predicted octanol–water partition coefficient (Wildman–Crippen LogP) is 3.00. The Morgan fingerprint density at radius 2 is 2.03 bits per heavy atom. The number of fused-ring (bicyclic) bond motifs is 1. The summed E-state index contributed by atoms with van der Waals surface area (Å²) in [5.74, 6) is -1.12. The van der Waals surface area contributed by atoms with E-state index in [1.807, 2.05) is 25.1 Å². The van der Waals surface area contributed by atoms with Crippen molar-refractivity contribution in [2.45, 2.75) is 51.5 Å². The third kappa shape index (κ3) is 5.05. The summed E-state index contributed by atoms with van der Waals surface area (Å²) < 4.78 is 0. The first-order valence-corrected chi connectivity index (χ1v) is 13.6. The maximum atomic E-state index is 13.8. The van der Waals surface area contributed by atoms with E-state index in [-0.39, 0.29) is 37.7 Å². The Bertz CT molecular complexity index is 1470. The minimum Gasteiger partial charge on any atom is -0.508 e. The van der Waals surface area contributed by atoms with E-state index in [0.29, 0.717) is 16.7 Å².